The maximum Gasteiger partial charge on any atom is 0.257 e. The molecular weight excluding hydrogens is 380 g/mol. The van der Waals surface area contributed by atoms with E-state index in [0.717, 1.165) is 25.8 Å². The van der Waals surface area contributed by atoms with Gasteiger partial charge in [-0.1, -0.05) is 17.9 Å². The summed E-state index contributed by atoms with van der Waals surface area (Å²) in [7, 11) is 1.00. The number of aliphatic hydroxyl groups excluding tert-OH is 1. The smallest absolute Gasteiger partial charge is 0.257 e. The van der Waals surface area contributed by atoms with Gasteiger partial charge in [0.15, 0.2) is 10.8 Å². The lowest BCUT2D eigenvalue weighted by Gasteiger charge is -2.10. The van der Waals surface area contributed by atoms with Crippen molar-refractivity contribution in [2.45, 2.75) is 13.3 Å². The van der Waals surface area contributed by atoms with E-state index in [4.69, 9.17) is 21.3 Å². The number of nitrogens with one attached hydrogen (secondary N) is 2. The van der Waals surface area contributed by atoms with Crippen molar-refractivity contribution in [3.8, 4) is 0 Å². The predicted molar refractivity (Wildman–Crippen MR) is 114 cm³/mol. The topological polar surface area (TPSA) is 148 Å². The van der Waals surface area contributed by atoms with Crippen LogP contribution in [0.2, 0.25) is 0 Å². The largest absolute Gasteiger partial charge is 0.463 e. The van der Waals surface area contributed by atoms with Crippen molar-refractivity contribution in [2.24, 2.45) is 5.73 Å². The van der Waals surface area contributed by atoms with Gasteiger partial charge >= 0.3 is 0 Å². The van der Waals surface area contributed by atoms with Gasteiger partial charge in [0.2, 0.25) is 5.13 Å². The van der Waals surface area contributed by atoms with Crippen LogP contribution in [-0.2, 0) is 4.74 Å². The Balaban J connectivity index is 0.00000190. The molecule has 2 rings (SSSR count). The van der Waals surface area contributed by atoms with Gasteiger partial charge in [-0.2, -0.15) is 0 Å². The lowest BCUT2D eigenvalue weighted by atomic mass is 10.1. The first-order valence-electron chi connectivity index (χ1n) is 8.46. The fourth-order valence-electron chi connectivity index (χ4n) is 2.06. The number of amides is 1. The van der Waals surface area contributed by atoms with Crippen LogP contribution in [0.25, 0.3) is 5.76 Å². The summed E-state index contributed by atoms with van der Waals surface area (Å²) in [4.78, 5) is 12.4. The molecule has 0 aliphatic heterocycles. The molecule has 152 valence electrons. The van der Waals surface area contributed by atoms with E-state index in [-0.39, 0.29) is 5.91 Å². The summed E-state index contributed by atoms with van der Waals surface area (Å²) in [5.74, 6) is 0.203. The van der Waals surface area contributed by atoms with E-state index in [9.17, 15) is 4.79 Å². The summed E-state index contributed by atoms with van der Waals surface area (Å²) in [6, 6.07) is 5.07. The third kappa shape index (κ3) is 6.65. The van der Waals surface area contributed by atoms with Crippen molar-refractivity contribution in [2.75, 3.05) is 36.6 Å². The molecule has 10 heteroatoms. The summed E-state index contributed by atoms with van der Waals surface area (Å²) in [5.41, 5.74) is 13.1. The molecule has 9 nitrogen and oxygen atoms in total. The number of hydrogen-bond donors (Lipinski definition) is 5. The highest BCUT2D eigenvalue weighted by Crippen LogP contribution is 2.25. The van der Waals surface area contributed by atoms with Gasteiger partial charge in [-0.05, 0) is 44.2 Å². The van der Waals surface area contributed by atoms with Crippen molar-refractivity contribution in [1.29, 1.82) is 0 Å². The molecule has 1 aromatic carbocycles. The molecule has 0 saturated heterocycles. The van der Waals surface area contributed by atoms with E-state index in [1.807, 2.05) is 6.92 Å². The second-order valence-electron chi connectivity index (χ2n) is 5.17. The number of aromatic nitrogens is 2. The number of carbonyl (C=O) groups is 1. The Bertz CT molecular complexity index is 806. The first-order valence-corrected chi connectivity index (χ1v) is 9.28. The van der Waals surface area contributed by atoms with Crippen LogP contribution in [-0.4, -0.2) is 41.4 Å². The van der Waals surface area contributed by atoms with Crippen molar-refractivity contribution >= 4 is 39.5 Å². The van der Waals surface area contributed by atoms with E-state index in [2.05, 4.69) is 27.4 Å². The molecule has 0 aliphatic carbocycles. The maximum absolute atomic E-state index is 12.4. The van der Waals surface area contributed by atoms with Gasteiger partial charge in [0, 0.05) is 19.2 Å². The van der Waals surface area contributed by atoms with Crippen molar-refractivity contribution in [1.82, 2.24) is 10.2 Å². The number of nitrogen functional groups attached to an aromatic ring is 1. The van der Waals surface area contributed by atoms with Crippen LogP contribution in [0.5, 0.6) is 0 Å². The number of hydrogen-bond acceptors (Lipinski definition) is 9. The molecule has 28 heavy (non-hydrogen) atoms. The van der Waals surface area contributed by atoms with Gasteiger partial charge in [-0.15, -0.1) is 10.2 Å². The monoisotopic (exact) mass is 406 g/mol. The average molecular weight is 407 g/mol. The fraction of sp³-hybridized carbons (Fsp3) is 0.278. The molecule has 7 N–H and O–H groups in total. The second-order valence-corrected chi connectivity index (χ2v) is 6.15. The van der Waals surface area contributed by atoms with Crippen LogP contribution in [0.4, 0.5) is 16.5 Å². The summed E-state index contributed by atoms with van der Waals surface area (Å²) >= 11 is 1.20. The van der Waals surface area contributed by atoms with Gasteiger partial charge in [-0.3, -0.25) is 10.1 Å². The van der Waals surface area contributed by atoms with Crippen LogP contribution in [0.15, 0.2) is 37.1 Å². The maximum atomic E-state index is 12.4. The van der Waals surface area contributed by atoms with Gasteiger partial charge in [-0.25, -0.2) is 0 Å². The SMILES string of the molecule is C=CO/C(=C\C)c1nnc(NC(=O)c2ccc(NCCCN)c(N)c2)s1.CO. The first-order chi connectivity index (χ1) is 13.6. The minimum Gasteiger partial charge on any atom is -0.463 e. The summed E-state index contributed by atoms with van der Waals surface area (Å²) in [6.45, 7) is 6.64. The molecule has 1 aromatic heterocycles. The highest BCUT2D eigenvalue weighted by Gasteiger charge is 2.14. The molecule has 0 radical (unpaired) electrons. The Morgan fingerprint density at radius 3 is 2.75 bits per heavy atom. The average Bonchev–Trinajstić information content (AvgIpc) is 3.17. The molecule has 1 amide bonds. The number of allylic oxidation sites excluding steroid dienone is 1. The number of nitrogens with zero attached hydrogens (tertiary/aromatic N) is 2. The van der Waals surface area contributed by atoms with E-state index in [0.29, 0.717) is 33.7 Å². The molecule has 0 spiro atoms. The number of anilines is 3. The predicted octanol–water partition coefficient (Wildman–Crippen LogP) is 2.26. The number of ether oxygens (including phenoxy) is 1. The zero-order chi connectivity index (χ0) is 20.9. The van der Waals surface area contributed by atoms with Gasteiger partial charge in [0.1, 0.15) is 0 Å². The fourth-order valence-corrected chi connectivity index (χ4v) is 2.82. The Morgan fingerprint density at radius 1 is 1.39 bits per heavy atom. The van der Waals surface area contributed by atoms with Crippen molar-refractivity contribution in [3.05, 3.63) is 47.7 Å². The summed E-state index contributed by atoms with van der Waals surface area (Å²) in [6.07, 6.45) is 3.89. The van der Waals surface area contributed by atoms with Crippen molar-refractivity contribution < 1.29 is 14.6 Å². The second kappa shape index (κ2) is 12.4. The molecule has 1 heterocycles. The molecule has 0 aliphatic rings. The number of nitrogens with two attached hydrogens (primary N) is 2. The highest BCUT2D eigenvalue weighted by molar-refractivity contribution is 7.16. The number of benzene rings is 1. The quantitative estimate of drug-likeness (QED) is 0.242. The van der Waals surface area contributed by atoms with Crippen LogP contribution in [0.3, 0.4) is 0 Å². The number of aliphatic hydroxyl groups is 1. The van der Waals surface area contributed by atoms with Crippen LogP contribution >= 0.6 is 11.3 Å². The van der Waals surface area contributed by atoms with Crippen LogP contribution in [0, 0.1) is 0 Å². The minimum absolute atomic E-state index is 0.320. The zero-order valence-corrected chi connectivity index (χ0v) is 16.8. The molecule has 0 unspecified atom stereocenters. The lowest BCUT2D eigenvalue weighted by Crippen LogP contribution is -2.13. The van der Waals surface area contributed by atoms with E-state index >= 15 is 0 Å². The van der Waals surface area contributed by atoms with Gasteiger partial charge in [0.25, 0.3) is 5.91 Å². The Labute approximate surface area is 168 Å². The molecule has 0 fully saturated rings. The Hall–Kier alpha value is -2.95. The molecule has 0 bridgehead atoms. The van der Waals surface area contributed by atoms with E-state index < -0.39 is 0 Å². The third-order valence-electron chi connectivity index (χ3n) is 3.34. The third-order valence-corrected chi connectivity index (χ3v) is 4.19. The van der Waals surface area contributed by atoms with Crippen LogP contribution in [0.1, 0.15) is 28.7 Å². The van der Waals surface area contributed by atoms with Crippen LogP contribution < -0.4 is 22.1 Å². The standard InChI is InChI=1S/C17H22N6O2S.CH4O/c1-3-14(25-4-2)16-22-23-17(26-16)21-15(24)11-6-7-13(12(19)10-11)20-9-5-8-18;1-2/h3-4,6-7,10,20H,2,5,8-9,18-19H2,1H3,(H,21,23,24);2H,1H3/b14-3-;. The summed E-state index contributed by atoms with van der Waals surface area (Å²) < 4.78 is 5.24. The molecular formula is C18H26N6O3S. The normalized spacial score (nSPS) is 10.5. The number of rotatable bonds is 9. The van der Waals surface area contributed by atoms with E-state index in [1.165, 1.54) is 17.6 Å². The van der Waals surface area contributed by atoms with Crippen molar-refractivity contribution in [3.63, 3.8) is 0 Å². The lowest BCUT2D eigenvalue weighted by molar-refractivity contribution is 0.102. The Morgan fingerprint density at radius 2 is 2.14 bits per heavy atom. The molecule has 0 saturated carbocycles. The molecule has 2 aromatic rings. The minimum atomic E-state index is -0.320. The van der Waals surface area contributed by atoms with Gasteiger partial charge < -0.3 is 26.6 Å². The first kappa shape index (κ1) is 23.1. The Kier molecular flexibility index (Phi) is 10.3. The molecule has 0 atom stereocenters. The van der Waals surface area contributed by atoms with Gasteiger partial charge in [0.05, 0.1) is 17.6 Å². The summed E-state index contributed by atoms with van der Waals surface area (Å²) in [5, 5.41) is 21.7. The number of carbonyl (C=O) groups excluding carboxylic acids is 1. The van der Waals surface area contributed by atoms with E-state index in [1.54, 1.807) is 24.3 Å². The zero-order valence-electron chi connectivity index (χ0n) is 15.9. The highest BCUT2D eigenvalue weighted by atomic mass is 32.1.